The van der Waals surface area contributed by atoms with Crippen LogP contribution >= 0.6 is 0 Å². The Hall–Kier alpha value is -3.76. The van der Waals surface area contributed by atoms with Crippen LogP contribution in [0.3, 0.4) is 0 Å². The van der Waals surface area contributed by atoms with Crippen molar-refractivity contribution in [3.63, 3.8) is 0 Å². The smallest absolute Gasteiger partial charge is 0.490 e. The number of alkyl halides is 3. The van der Waals surface area contributed by atoms with Crippen LogP contribution in [0.5, 0.6) is 11.5 Å². The second-order valence-corrected chi connectivity index (χ2v) is 7.89. The van der Waals surface area contributed by atoms with Crippen molar-refractivity contribution in [3.05, 3.63) is 54.2 Å². The second kappa shape index (κ2) is 9.62. The SMILES string of the molecule is O=C(O)CCn1ncc2cc(OC3CCN(C(=O)c4ccccc4OC(F)(F)F)CC3)ccc21. The molecule has 2 heterocycles. The van der Waals surface area contributed by atoms with E-state index in [1.54, 1.807) is 16.9 Å². The summed E-state index contributed by atoms with van der Waals surface area (Å²) in [7, 11) is 0. The number of hydrogen-bond acceptors (Lipinski definition) is 5. The summed E-state index contributed by atoms with van der Waals surface area (Å²) in [6, 6.07) is 10.7. The van der Waals surface area contributed by atoms with Gasteiger partial charge in [-0.2, -0.15) is 5.10 Å². The van der Waals surface area contributed by atoms with Gasteiger partial charge in [0.05, 0.1) is 30.2 Å². The van der Waals surface area contributed by atoms with Gasteiger partial charge < -0.3 is 19.5 Å². The first-order valence-corrected chi connectivity index (χ1v) is 10.7. The van der Waals surface area contributed by atoms with E-state index in [2.05, 4.69) is 9.84 Å². The molecule has 1 aliphatic heterocycles. The van der Waals surface area contributed by atoms with Crippen molar-refractivity contribution in [1.29, 1.82) is 0 Å². The molecule has 1 aliphatic rings. The summed E-state index contributed by atoms with van der Waals surface area (Å²) in [6.45, 7) is 0.932. The van der Waals surface area contributed by atoms with Crippen LogP contribution in [0, 0.1) is 0 Å². The molecule has 0 atom stereocenters. The standard InChI is InChI=1S/C23H22F3N3O5/c24-23(25,26)34-20-4-2-1-3-18(20)22(32)28-10-7-16(8-11-28)33-17-5-6-19-15(13-17)14-27-29(19)12-9-21(30)31/h1-6,13-14,16H,7-12H2,(H,30,31). The molecule has 8 nitrogen and oxygen atoms in total. The number of piperidine rings is 1. The number of likely N-dealkylation sites (tertiary alicyclic amines) is 1. The van der Waals surface area contributed by atoms with Crippen LogP contribution in [0.15, 0.2) is 48.7 Å². The Morgan fingerprint density at radius 2 is 1.85 bits per heavy atom. The predicted octanol–water partition coefficient (Wildman–Crippen LogP) is 4.09. The Kier molecular flexibility index (Phi) is 6.62. The number of benzene rings is 2. The van der Waals surface area contributed by atoms with E-state index in [0.29, 0.717) is 31.7 Å². The van der Waals surface area contributed by atoms with Gasteiger partial charge in [0, 0.05) is 31.3 Å². The van der Waals surface area contributed by atoms with Crippen molar-refractivity contribution in [3.8, 4) is 11.5 Å². The highest BCUT2D eigenvalue weighted by atomic mass is 19.4. The van der Waals surface area contributed by atoms with Crippen LogP contribution in [0.25, 0.3) is 10.9 Å². The molecule has 1 fully saturated rings. The lowest BCUT2D eigenvalue weighted by Gasteiger charge is -2.32. The van der Waals surface area contributed by atoms with E-state index < -0.39 is 24.0 Å². The molecular weight excluding hydrogens is 455 g/mol. The number of halogens is 3. The predicted molar refractivity (Wildman–Crippen MR) is 115 cm³/mol. The largest absolute Gasteiger partial charge is 0.573 e. The summed E-state index contributed by atoms with van der Waals surface area (Å²) in [5.74, 6) is -1.31. The maximum atomic E-state index is 12.8. The Morgan fingerprint density at radius 3 is 2.56 bits per heavy atom. The normalized spacial score (nSPS) is 14.9. The molecule has 0 bridgehead atoms. The molecule has 3 aromatic rings. The van der Waals surface area contributed by atoms with Crippen LogP contribution in [0.2, 0.25) is 0 Å². The molecule has 1 saturated heterocycles. The van der Waals surface area contributed by atoms with Gasteiger partial charge in [0.15, 0.2) is 0 Å². The van der Waals surface area contributed by atoms with E-state index in [-0.39, 0.29) is 24.6 Å². The van der Waals surface area contributed by atoms with Gasteiger partial charge in [-0.15, -0.1) is 13.2 Å². The summed E-state index contributed by atoms with van der Waals surface area (Å²) in [5, 5.41) is 13.9. The number of para-hydroxylation sites is 1. The highest BCUT2D eigenvalue weighted by Crippen LogP contribution is 2.29. The lowest BCUT2D eigenvalue weighted by Crippen LogP contribution is -2.42. The number of nitrogens with zero attached hydrogens (tertiary/aromatic N) is 3. The summed E-state index contributed by atoms with van der Waals surface area (Å²) >= 11 is 0. The fourth-order valence-electron chi connectivity index (χ4n) is 3.91. The number of fused-ring (bicyclic) bond motifs is 1. The van der Waals surface area contributed by atoms with E-state index in [1.807, 2.05) is 12.1 Å². The highest BCUT2D eigenvalue weighted by molar-refractivity contribution is 5.97. The third-order valence-corrected chi connectivity index (χ3v) is 5.53. The molecule has 2 aromatic carbocycles. The maximum absolute atomic E-state index is 12.8. The lowest BCUT2D eigenvalue weighted by atomic mass is 10.1. The maximum Gasteiger partial charge on any atom is 0.573 e. The van der Waals surface area contributed by atoms with Crippen molar-refractivity contribution in [2.24, 2.45) is 0 Å². The Labute approximate surface area is 192 Å². The van der Waals surface area contributed by atoms with Gasteiger partial charge in [0.1, 0.15) is 17.6 Å². The molecule has 4 rings (SSSR count). The number of carbonyl (C=O) groups excluding carboxylic acids is 1. The fraction of sp³-hybridized carbons (Fsp3) is 0.348. The summed E-state index contributed by atoms with van der Waals surface area (Å²) < 4.78 is 49.7. The van der Waals surface area contributed by atoms with Gasteiger partial charge in [0.2, 0.25) is 0 Å². The first-order valence-electron chi connectivity index (χ1n) is 10.7. The second-order valence-electron chi connectivity index (χ2n) is 7.89. The molecule has 0 aliphatic carbocycles. The van der Waals surface area contributed by atoms with E-state index >= 15 is 0 Å². The average Bonchev–Trinajstić information content (AvgIpc) is 3.19. The van der Waals surface area contributed by atoms with E-state index in [0.717, 1.165) is 17.0 Å². The van der Waals surface area contributed by atoms with E-state index in [9.17, 15) is 22.8 Å². The molecule has 1 aromatic heterocycles. The zero-order valence-electron chi connectivity index (χ0n) is 18.0. The van der Waals surface area contributed by atoms with E-state index in [1.165, 1.54) is 23.1 Å². The quantitative estimate of drug-likeness (QED) is 0.551. The van der Waals surface area contributed by atoms with Gasteiger partial charge in [-0.25, -0.2) is 0 Å². The van der Waals surface area contributed by atoms with Gasteiger partial charge >= 0.3 is 12.3 Å². The molecule has 11 heteroatoms. The number of hydrogen-bond donors (Lipinski definition) is 1. The molecule has 0 saturated carbocycles. The fourth-order valence-corrected chi connectivity index (χ4v) is 3.91. The minimum atomic E-state index is -4.88. The van der Waals surface area contributed by atoms with Crippen LogP contribution in [0.1, 0.15) is 29.6 Å². The lowest BCUT2D eigenvalue weighted by molar-refractivity contribution is -0.274. The zero-order chi connectivity index (χ0) is 24.3. The number of aliphatic carboxylic acids is 1. The van der Waals surface area contributed by atoms with Crippen molar-refractivity contribution in [2.45, 2.75) is 38.3 Å². The number of aryl methyl sites for hydroxylation is 1. The van der Waals surface area contributed by atoms with Crippen LogP contribution in [-0.4, -0.2) is 57.2 Å². The number of amides is 1. The number of carboxylic acid groups (broad SMARTS) is 1. The van der Waals surface area contributed by atoms with Crippen molar-refractivity contribution < 1.29 is 37.3 Å². The minimum absolute atomic E-state index is 0.0286. The molecule has 0 spiro atoms. The molecule has 1 N–H and O–H groups in total. The summed E-state index contributed by atoms with van der Waals surface area (Å²) in [4.78, 5) is 25.1. The van der Waals surface area contributed by atoms with Crippen LogP contribution in [0.4, 0.5) is 13.2 Å². The Morgan fingerprint density at radius 1 is 1.12 bits per heavy atom. The Balaban J connectivity index is 1.36. The van der Waals surface area contributed by atoms with Crippen LogP contribution in [-0.2, 0) is 11.3 Å². The molecule has 0 unspecified atom stereocenters. The molecule has 0 radical (unpaired) electrons. The van der Waals surface area contributed by atoms with Gasteiger partial charge in [-0.1, -0.05) is 12.1 Å². The van der Waals surface area contributed by atoms with E-state index in [4.69, 9.17) is 9.84 Å². The first kappa shape index (κ1) is 23.4. The number of carbonyl (C=O) groups is 2. The van der Waals surface area contributed by atoms with Crippen LogP contribution < -0.4 is 9.47 Å². The Bertz CT molecular complexity index is 1190. The van der Waals surface area contributed by atoms with Gasteiger partial charge in [0.25, 0.3) is 5.91 Å². The van der Waals surface area contributed by atoms with Gasteiger partial charge in [-0.05, 0) is 30.3 Å². The molecule has 34 heavy (non-hydrogen) atoms. The first-order chi connectivity index (χ1) is 16.2. The van der Waals surface area contributed by atoms with Crippen molar-refractivity contribution in [1.82, 2.24) is 14.7 Å². The number of carboxylic acids is 1. The average molecular weight is 477 g/mol. The molecular formula is C23H22F3N3O5. The van der Waals surface area contributed by atoms with Crippen molar-refractivity contribution >= 4 is 22.8 Å². The number of ether oxygens (including phenoxy) is 2. The number of aromatic nitrogens is 2. The number of rotatable bonds is 7. The molecule has 180 valence electrons. The van der Waals surface area contributed by atoms with Gasteiger partial charge in [-0.3, -0.25) is 14.3 Å². The summed E-state index contributed by atoms with van der Waals surface area (Å²) in [6.07, 6.45) is -2.39. The van der Waals surface area contributed by atoms with Crippen molar-refractivity contribution in [2.75, 3.05) is 13.1 Å². The highest BCUT2D eigenvalue weighted by Gasteiger charge is 2.34. The zero-order valence-corrected chi connectivity index (χ0v) is 18.0. The third kappa shape index (κ3) is 5.59. The molecule has 1 amide bonds. The monoisotopic (exact) mass is 477 g/mol. The topological polar surface area (TPSA) is 93.9 Å². The third-order valence-electron chi connectivity index (χ3n) is 5.53. The summed E-state index contributed by atoms with van der Waals surface area (Å²) in [5.41, 5.74) is 0.665. The minimum Gasteiger partial charge on any atom is -0.490 e.